The molecular weight excluding hydrogens is 220 g/mol. The van der Waals surface area contributed by atoms with Crippen molar-refractivity contribution in [1.29, 1.82) is 0 Å². The number of aromatic nitrogens is 2. The van der Waals surface area contributed by atoms with Gasteiger partial charge in [-0.1, -0.05) is 0 Å². The highest BCUT2D eigenvalue weighted by Crippen LogP contribution is 2.32. The monoisotopic (exact) mass is 232 g/mol. The third kappa shape index (κ3) is 1.63. The third-order valence-corrected chi connectivity index (χ3v) is 3.76. The summed E-state index contributed by atoms with van der Waals surface area (Å²) in [5.41, 5.74) is 8.59. The molecule has 0 aromatic carbocycles. The summed E-state index contributed by atoms with van der Waals surface area (Å²) in [5, 5.41) is 4.18. The fourth-order valence-electron chi connectivity index (χ4n) is 1.88. The molecule has 0 aliphatic heterocycles. The van der Waals surface area contributed by atoms with Crippen LogP contribution in [-0.2, 0) is 12.8 Å². The van der Waals surface area contributed by atoms with Gasteiger partial charge in [0.05, 0.1) is 23.3 Å². The van der Waals surface area contributed by atoms with Gasteiger partial charge in [-0.25, -0.2) is 4.98 Å². The Morgan fingerprint density at radius 3 is 3.12 bits per heavy atom. The molecule has 4 nitrogen and oxygen atoms in total. The van der Waals surface area contributed by atoms with E-state index in [-0.39, 0.29) is 0 Å². The number of nitrogen functional groups attached to an aromatic ring is 1. The Labute approximate surface area is 97.5 Å². The minimum Gasteiger partial charge on any atom is -0.396 e. The molecule has 0 saturated carbocycles. The number of hydrogen-bond donors (Lipinski definition) is 2. The van der Waals surface area contributed by atoms with E-state index in [1.165, 1.54) is 23.4 Å². The normalized spacial score (nSPS) is 13.8. The van der Waals surface area contributed by atoms with Gasteiger partial charge >= 0.3 is 0 Å². The van der Waals surface area contributed by atoms with Gasteiger partial charge in [-0.05, 0) is 25.3 Å². The lowest BCUT2D eigenvalue weighted by atomic mass is 10.3. The van der Waals surface area contributed by atoms with Crippen molar-refractivity contribution in [1.82, 2.24) is 9.97 Å². The maximum atomic E-state index is 5.81. The van der Waals surface area contributed by atoms with Crippen molar-refractivity contribution in [3.05, 3.63) is 29.0 Å². The van der Waals surface area contributed by atoms with Gasteiger partial charge in [0.1, 0.15) is 0 Å². The predicted octanol–water partition coefficient (Wildman–Crippen LogP) is 2.35. The first-order chi connectivity index (χ1) is 7.83. The second-order valence-corrected chi connectivity index (χ2v) is 4.91. The van der Waals surface area contributed by atoms with Crippen LogP contribution in [0.15, 0.2) is 18.5 Å². The van der Waals surface area contributed by atoms with Gasteiger partial charge in [0.15, 0.2) is 5.13 Å². The van der Waals surface area contributed by atoms with Crippen LogP contribution in [-0.4, -0.2) is 9.97 Å². The lowest BCUT2D eigenvalue weighted by Crippen LogP contribution is -1.96. The van der Waals surface area contributed by atoms with Crippen LogP contribution in [0.2, 0.25) is 0 Å². The molecule has 5 heteroatoms. The highest BCUT2D eigenvalue weighted by Gasteiger charge is 2.16. The molecule has 1 aliphatic carbocycles. The van der Waals surface area contributed by atoms with E-state index >= 15 is 0 Å². The summed E-state index contributed by atoms with van der Waals surface area (Å²) in [5.74, 6) is 0. The lowest BCUT2D eigenvalue weighted by molar-refractivity contribution is 0.900. The zero-order valence-electron chi connectivity index (χ0n) is 8.73. The largest absolute Gasteiger partial charge is 0.396 e. The Hall–Kier alpha value is -1.62. The highest BCUT2D eigenvalue weighted by molar-refractivity contribution is 7.15. The first-order valence-corrected chi connectivity index (χ1v) is 6.09. The van der Waals surface area contributed by atoms with Crippen LogP contribution in [0.4, 0.5) is 16.5 Å². The summed E-state index contributed by atoms with van der Waals surface area (Å²) in [6.45, 7) is 0. The summed E-state index contributed by atoms with van der Waals surface area (Å²) < 4.78 is 0. The van der Waals surface area contributed by atoms with Crippen molar-refractivity contribution in [2.45, 2.75) is 19.3 Å². The molecule has 3 N–H and O–H groups in total. The first-order valence-electron chi connectivity index (χ1n) is 5.28. The molecule has 1 aliphatic rings. The van der Waals surface area contributed by atoms with Crippen LogP contribution >= 0.6 is 11.3 Å². The molecule has 0 unspecified atom stereocenters. The molecule has 3 rings (SSSR count). The SMILES string of the molecule is Nc1cnccc1Nc1nc2c(s1)CCC2. The summed E-state index contributed by atoms with van der Waals surface area (Å²) in [6, 6.07) is 1.86. The van der Waals surface area contributed by atoms with Crippen LogP contribution in [0.5, 0.6) is 0 Å². The van der Waals surface area contributed by atoms with Crippen LogP contribution in [0.25, 0.3) is 0 Å². The molecule has 2 heterocycles. The molecule has 0 saturated heterocycles. The number of nitrogens with one attached hydrogen (secondary N) is 1. The van der Waals surface area contributed by atoms with Crippen LogP contribution in [0.1, 0.15) is 17.0 Å². The van der Waals surface area contributed by atoms with Crippen LogP contribution < -0.4 is 11.1 Å². The minimum absolute atomic E-state index is 0.651. The standard InChI is InChI=1S/C11H12N4S/c12-7-6-13-5-4-8(7)14-11-15-9-2-1-3-10(9)16-11/h4-6H,1-3,12H2,(H,13,14,15). The molecule has 82 valence electrons. The van der Waals surface area contributed by atoms with E-state index in [4.69, 9.17) is 5.73 Å². The van der Waals surface area contributed by atoms with Crippen LogP contribution in [0.3, 0.4) is 0 Å². The number of nitrogens with zero attached hydrogens (tertiary/aromatic N) is 2. The average molecular weight is 232 g/mol. The van der Waals surface area contributed by atoms with E-state index in [1.54, 1.807) is 23.7 Å². The van der Waals surface area contributed by atoms with E-state index in [9.17, 15) is 0 Å². The van der Waals surface area contributed by atoms with Crippen molar-refractivity contribution in [3.8, 4) is 0 Å². The molecule has 2 aromatic rings. The molecule has 0 radical (unpaired) electrons. The smallest absolute Gasteiger partial charge is 0.187 e. The van der Waals surface area contributed by atoms with Gasteiger partial charge in [0.25, 0.3) is 0 Å². The van der Waals surface area contributed by atoms with E-state index < -0.39 is 0 Å². The number of aryl methyl sites for hydroxylation is 2. The Balaban J connectivity index is 1.87. The third-order valence-electron chi connectivity index (χ3n) is 2.69. The highest BCUT2D eigenvalue weighted by atomic mass is 32.1. The molecule has 0 fully saturated rings. The van der Waals surface area contributed by atoms with Crippen molar-refractivity contribution in [2.24, 2.45) is 0 Å². The number of pyridine rings is 1. The Bertz CT molecular complexity index is 499. The molecule has 2 aromatic heterocycles. The topological polar surface area (TPSA) is 63.8 Å². The van der Waals surface area contributed by atoms with Gasteiger partial charge in [-0.15, -0.1) is 11.3 Å². The Morgan fingerprint density at radius 2 is 2.31 bits per heavy atom. The van der Waals surface area contributed by atoms with Gasteiger partial charge in [0.2, 0.25) is 0 Å². The van der Waals surface area contributed by atoms with E-state index in [0.717, 1.165) is 17.2 Å². The van der Waals surface area contributed by atoms with Gasteiger partial charge in [-0.3, -0.25) is 4.98 Å². The Kier molecular flexibility index (Phi) is 2.25. The van der Waals surface area contributed by atoms with Crippen molar-refractivity contribution < 1.29 is 0 Å². The van der Waals surface area contributed by atoms with Crippen molar-refractivity contribution in [2.75, 3.05) is 11.1 Å². The second kappa shape index (κ2) is 3.75. The van der Waals surface area contributed by atoms with E-state index in [0.29, 0.717) is 5.69 Å². The predicted molar refractivity (Wildman–Crippen MR) is 66.1 cm³/mol. The zero-order valence-corrected chi connectivity index (χ0v) is 9.55. The summed E-state index contributed by atoms with van der Waals surface area (Å²) >= 11 is 1.73. The summed E-state index contributed by atoms with van der Waals surface area (Å²) in [4.78, 5) is 9.93. The minimum atomic E-state index is 0.651. The maximum Gasteiger partial charge on any atom is 0.187 e. The number of fused-ring (bicyclic) bond motifs is 1. The number of nitrogens with two attached hydrogens (primary N) is 1. The quantitative estimate of drug-likeness (QED) is 0.834. The fourth-order valence-corrected chi connectivity index (χ4v) is 2.94. The Morgan fingerprint density at radius 1 is 1.38 bits per heavy atom. The average Bonchev–Trinajstić information content (AvgIpc) is 2.81. The molecule has 0 spiro atoms. The first kappa shape index (κ1) is 9.59. The van der Waals surface area contributed by atoms with Crippen molar-refractivity contribution >= 4 is 27.8 Å². The number of rotatable bonds is 2. The number of thiazole rings is 1. The summed E-state index contributed by atoms with van der Waals surface area (Å²) in [6.07, 6.45) is 6.88. The maximum absolute atomic E-state index is 5.81. The molecular formula is C11H12N4S. The van der Waals surface area contributed by atoms with Gasteiger partial charge in [-0.2, -0.15) is 0 Å². The zero-order chi connectivity index (χ0) is 11.0. The summed E-state index contributed by atoms with van der Waals surface area (Å²) in [7, 11) is 0. The van der Waals surface area contributed by atoms with E-state index in [1.807, 2.05) is 6.07 Å². The molecule has 16 heavy (non-hydrogen) atoms. The van der Waals surface area contributed by atoms with Crippen LogP contribution in [0, 0.1) is 0 Å². The fraction of sp³-hybridized carbons (Fsp3) is 0.273. The van der Waals surface area contributed by atoms with Gasteiger partial charge in [0, 0.05) is 11.1 Å². The number of hydrogen-bond acceptors (Lipinski definition) is 5. The molecule has 0 atom stereocenters. The van der Waals surface area contributed by atoms with E-state index in [2.05, 4.69) is 15.3 Å². The van der Waals surface area contributed by atoms with Gasteiger partial charge < -0.3 is 11.1 Å². The number of anilines is 3. The molecule has 0 amide bonds. The van der Waals surface area contributed by atoms with Crippen molar-refractivity contribution in [3.63, 3.8) is 0 Å². The lowest BCUT2D eigenvalue weighted by Gasteiger charge is -2.04. The second-order valence-electron chi connectivity index (χ2n) is 3.83. The molecule has 0 bridgehead atoms.